The molecule has 2 N–H and O–H groups in total. The molecule has 0 spiro atoms. The molecule has 4 aromatic carbocycles. The van der Waals surface area contributed by atoms with E-state index in [4.69, 9.17) is 18.9 Å². The van der Waals surface area contributed by atoms with Crippen LogP contribution < -0.4 is 10.6 Å². The maximum Gasteiger partial charge on any atom is 0.331 e. The fraction of sp³-hybridized carbons (Fsp3) is 0.200. The maximum absolute atomic E-state index is 13.2. The molecule has 0 radical (unpaired) electrons. The second-order valence-electron chi connectivity index (χ2n) is 11.5. The molecular weight excluding hydrogens is 660 g/mol. The number of hydrogen-bond acceptors (Lipinski definition) is 12. The van der Waals surface area contributed by atoms with Crippen molar-refractivity contribution >= 4 is 45.4 Å². The quantitative estimate of drug-likeness (QED) is 0.0594. The fourth-order valence-electron chi connectivity index (χ4n) is 5.56. The zero-order valence-corrected chi connectivity index (χ0v) is 28.3. The van der Waals surface area contributed by atoms with Crippen LogP contribution in [-0.2, 0) is 28.5 Å². The van der Waals surface area contributed by atoms with Gasteiger partial charge in [-0.15, -0.1) is 0 Å². The molecule has 0 saturated heterocycles. The van der Waals surface area contributed by atoms with Crippen molar-refractivity contribution in [2.24, 2.45) is 0 Å². The third-order valence-electron chi connectivity index (χ3n) is 7.94. The van der Waals surface area contributed by atoms with Crippen LogP contribution in [0.2, 0.25) is 0 Å². The average molecular weight is 699 g/mol. The molecule has 0 amide bonds. The van der Waals surface area contributed by atoms with Gasteiger partial charge < -0.3 is 29.6 Å². The maximum atomic E-state index is 13.2. The highest BCUT2D eigenvalue weighted by Gasteiger charge is 2.21. The van der Waals surface area contributed by atoms with E-state index >= 15 is 0 Å². The van der Waals surface area contributed by atoms with Crippen LogP contribution in [0.3, 0.4) is 0 Å². The molecule has 0 saturated carbocycles. The highest BCUT2D eigenvalue weighted by Crippen LogP contribution is 2.29. The molecule has 2 heterocycles. The molecule has 0 aliphatic carbocycles. The van der Waals surface area contributed by atoms with Crippen LogP contribution in [0.4, 0.5) is 11.9 Å². The summed E-state index contributed by atoms with van der Waals surface area (Å²) in [5.41, 5.74) is 1.56. The summed E-state index contributed by atoms with van der Waals surface area (Å²) in [4.78, 5) is 42.9. The van der Waals surface area contributed by atoms with Gasteiger partial charge in [0.15, 0.2) is 12.2 Å². The summed E-state index contributed by atoms with van der Waals surface area (Å²) in [6, 6.07) is 30.7. The number of benzene rings is 4. The molecule has 12 nitrogen and oxygen atoms in total. The van der Waals surface area contributed by atoms with Crippen LogP contribution in [0.1, 0.15) is 23.3 Å². The first-order valence-electron chi connectivity index (χ1n) is 16.9. The smallest absolute Gasteiger partial charge is 0.331 e. The summed E-state index contributed by atoms with van der Waals surface area (Å²) in [5.74, 6) is -0.461. The van der Waals surface area contributed by atoms with E-state index in [1.165, 1.54) is 0 Å². The van der Waals surface area contributed by atoms with Gasteiger partial charge in [-0.1, -0.05) is 84.9 Å². The summed E-state index contributed by atoms with van der Waals surface area (Å²) in [5, 5.41) is 10.0. The van der Waals surface area contributed by atoms with Gasteiger partial charge in [-0.3, -0.25) is 0 Å². The standard InChI is InChI=1S/C40H38N6O6/c47-37(51-35(27-49-25-23-45-39-41-19-7-20-42-39)33-15-5-11-29-9-1-3-13-31(29)33)17-18-38(48)52-36(28-50-26-24-46-40-43-21-8-22-44-40)34-16-6-12-30-10-2-4-14-32(30)34/h1-22,35-36H,23-28H2,(H,41,42,45)(H,43,44,46)/b18-17-. The lowest BCUT2D eigenvalue weighted by atomic mass is 10.0. The van der Waals surface area contributed by atoms with Crippen molar-refractivity contribution in [2.45, 2.75) is 12.2 Å². The van der Waals surface area contributed by atoms with E-state index in [2.05, 4.69) is 30.6 Å². The molecule has 0 aliphatic heterocycles. The Balaban J connectivity index is 1.10. The lowest BCUT2D eigenvalue weighted by Gasteiger charge is -2.20. The number of fused-ring (bicyclic) bond motifs is 2. The van der Waals surface area contributed by atoms with Crippen molar-refractivity contribution in [3.8, 4) is 0 Å². The van der Waals surface area contributed by atoms with Crippen LogP contribution >= 0.6 is 0 Å². The van der Waals surface area contributed by atoms with Gasteiger partial charge in [0, 0.05) is 61.2 Å². The number of aromatic nitrogens is 4. The van der Waals surface area contributed by atoms with Crippen LogP contribution in [0.15, 0.2) is 134 Å². The normalized spacial score (nSPS) is 12.4. The fourth-order valence-corrected chi connectivity index (χ4v) is 5.56. The predicted molar refractivity (Wildman–Crippen MR) is 197 cm³/mol. The first-order chi connectivity index (χ1) is 25.6. The minimum absolute atomic E-state index is 0.0844. The lowest BCUT2D eigenvalue weighted by Crippen LogP contribution is -2.20. The van der Waals surface area contributed by atoms with Gasteiger partial charge in [0.2, 0.25) is 11.9 Å². The second-order valence-corrected chi connectivity index (χ2v) is 11.5. The predicted octanol–water partition coefficient (Wildman–Crippen LogP) is 6.26. The number of rotatable bonds is 18. The van der Waals surface area contributed by atoms with E-state index in [1.54, 1.807) is 36.9 Å². The molecule has 264 valence electrons. The zero-order valence-electron chi connectivity index (χ0n) is 28.3. The van der Waals surface area contributed by atoms with E-state index in [0.717, 1.165) is 44.8 Å². The number of anilines is 2. The molecular formula is C40H38N6O6. The Labute approximate surface area is 300 Å². The lowest BCUT2D eigenvalue weighted by molar-refractivity contribution is -0.149. The Morgan fingerprint density at radius 3 is 1.38 bits per heavy atom. The van der Waals surface area contributed by atoms with Gasteiger partial charge in [-0.2, -0.15) is 0 Å². The van der Waals surface area contributed by atoms with Crippen LogP contribution in [0.5, 0.6) is 0 Å². The molecule has 0 bridgehead atoms. The summed E-state index contributed by atoms with van der Waals surface area (Å²) >= 11 is 0. The summed E-state index contributed by atoms with van der Waals surface area (Å²) in [6.07, 6.45) is 7.23. The Morgan fingerprint density at radius 2 is 0.942 bits per heavy atom. The van der Waals surface area contributed by atoms with Gasteiger partial charge in [-0.05, 0) is 33.7 Å². The van der Waals surface area contributed by atoms with Crippen molar-refractivity contribution in [1.29, 1.82) is 0 Å². The van der Waals surface area contributed by atoms with E-state index in [0.29, 0.717) is 38.2 Å². The second kappa shape index (κ2) is 18.7. The van der Waals surface area contributed by atoms with Crippen molar-refractivity contribution in [1.82, 2.24) is 19.9 Å². The van der Waals surface area contributed by atoms with Gasteiger partial charge in [0.05, 0.1) is 26.4 Å². The molecule has 52 heavy (non-hydrogen) atoms. The van der Waals surface area contributed by atoms with E-state index in [1.807, 2.05) is 84.9 Å². The first kappa shape index (κ1) is 35.6. The van der Waals surface area contributed by atoms with Crippen molar-refractivity contribution in [3.63, 3.8) is 0 Å². The highest BCUT2D eigenvalue weighted by molar-refractivity contribution is 5.93. The summed E-state index contributed by atoms with van der Waals surface area (Å²) in [6.45, 7) is 1.69. The monoisotopic (exact) mass is 698 g/mol. The molecule has 6 aromatic rings. The van der Waals surface area contributed by atoms with Crippen molar-refractivity contribution < 1.29 is 28.5 Å². The van der Waals surface area contributed by atoms with E-state index in [9.17, 15) is 9.59 Å². The van der Waals surface area contributed by atoms with Crippen LogP contribution in [-0.4, -0.2) is 71.4 Å². The Kier molecular flexibility index (Phi) is 12.8. The third kappa shape index (κ3) is 10.2. The van der Waals surface area contributed by atoms with Gasteiger partial charge in [0.1, 0.15) is 0 Å². The van der Waals surface area contributed by atoms with Gasteiger partial charge >= 0.3 is 11.9 Å². The third-order valence-corrected chi connectivity index (χ3v) is 7.94. The van der Waals surface area contributed by atoms with Gasteiger partial charge in [0.25, 0.3) is 0 Å². The number of carbonyl (C=O) groups is 2. The Morgan fingerprint density at radius 1 is 0.538 bits per heavy atom. The first-order valence-corrected chi connectivity index (χ1v) is 16.9. The molecule has 2 atom stereocenters. The molecule has 12 heteroatoms. The summed E-state index contributed by atoms with van der Waals surface area (Å²) < 4.78 is 23.6. The molecule has 2 aromatic heterocycles. The largest absolute Gasteiger partial charge is 0.452 e. The van der Waals surface area contributed by atoms with Crippen LogP contribution in [0.25, 0.3) is 21.5 Å². The molecule has 6 rings (SSSR count). The van der Waals surface area contributed by atoms with Crippen molar-refractivity contribution in [3.05, 3.63) is 145 Å². The minimum Gasteiger partial charge on any atom is -0.452 e. The van der Waals surface area contributed by atoms with E-state index < -0.39 is 24.1 Å². The zero-order chi connectivity index (χ0) is 35.8. The average Bonchev–Trinajstić information content (AvgIpc) is 3.19. The number of carbonyl (C=O) groups excluding carboxylic acids is 2. The number of nitrogens with one attached hydrogen (secondary N) is 2. The highest BCUT2D eigenvalue weighted by atomic mass is 16.6. The van der Waals surface area contributed by atoms with Crippen molar-refractivity contribution in [2.75, 3.05) is 50.2 Å². The molecule has 2 unspecified atom stereocenters. The minimum atomic E-state index is -0.751. The summed E-state index contributed by atoms with van der Waals surface area (Å²) in [7, 11) is 0. The SMILES string of the molecule is O=C(/C=C\C(=O)OC(COCCNc1ncccn1)c1cccc2ccccc12)OC(COCCNc1ncccn1)c1cccc2ccccc12. The van der Waals surface area contributed by atoms with E-state index in [-0.39, 0.29) is 13.2 Å². The molecule has 0 aliphatic rings. The Bertz CT molecular complexity index is 1920. The van der Waals surface area contributed by atoms with Gasteiger partial charge in [-0.25, -0.2) is 29.5 Å². The number of ether oxygens (including phenoxy) is 4. The topological polar surface area (TPSA) is 147 Å². The Hall–Kier alpha value is -6.24. The van der Waals surface area contributed by atoms with Crippen LogP contribution in [0, 0.1) is 0 Å². The number of hydrogen-bond donors (Lipinski definition) is 2. The molecule has 0 fully saturated rings. The number of esters is 2. The number of nitrogens with zero attached hydrogens (tertiary/aromatic N) is 4.